The average molecular weight is 305 g/mol. The van der Waals surface area contributed by atoms with Crippen LogP contribution in [-0.4, -0.2) is 12.6 Å². The van der Waals surface area contributed by atoms with Crippen molar-refractivity contribution in [3.8, 4) is 0 Å². The Morgan fingerprint density at radius 3 is 2.68 bits per heavy atom. The van der Waals surface area contributed by atoms with Crippen molar-refractivity contribution in [1.82, 2.24) is 5.32 Å². The van der Waals surface area contributed by atoms with Gasteiger partial charge in [-0.3, -0.25) is 0 Å². The summed E-state index contributed by atoms with van der Waals surface area (Å²) in [7, 11) is 0. The molecular weight excluding hydrogens is 286 g/mol. The van der Waals surface area contributed by atoms with Gasteiger partial charge < -0.3 is 5.32 Å². The van der Waals surface area contributed by atoms with Crippen LogP contribution in [0.25, 0.3) is 15.7 Å². The Hall–Kier alpha value is -1.90. The number of thiophene rings is 1. The van der Waals surface area contributed by atoms with E-state index in [0.717, 1.165) is 19.4 Å². The van der Waals surface area contributed by atoms with Gasteiger partial charge >= 0.3 is 0 Å². The van der Waals surface area contributed by atoms with Gasteiger partial charge in [-0.1, -0.05) is 54.6 Å². The molecule has 1 nitrogen and oxygen atoms in total. The zero-order valence-corrected chi connectivity index (χ0v) is 13.3. The summed E-state index contributed by atoms with van der Waals surface area (Å²) < 4.78 is 1.39. The molecule has 0 spiro atoms. The first-order valence-corrected chi connectivity index (χ1v) is 8.65. The number of benzene rings is 2. The van der Waals surface area contributed by atoms with E-state index in [-0.39, 0.29) is 0 Å². The Morgan fingerprint density at radius 2 is 1.82 bits per heavy atom. The number of hydrogen-bond acceptors (Lipinski definition) is 2. The highest BCUT2D eigenvalue weighted by atomic mass is 32.1. The largest absolute Gasteiger partial charge is 0.310 e. The molecule has 0 aliphatic carbocycles. The lowest BCUT2D eigenvalue weighted by Crippen LogP contribution is -2.34. The third-order valence-corrected chi connectivity index (χ3v) is 5.48. The van der Waals surface area contributed by atoms with Crippen molar-refractivity contribution in [2.45, 2.75) is 18.9 Å². The van der Waals surface area contributed by atoms with Crippen LogP contribution in [0.2, 0.25) is 0 Å². The van der Waals surface area contributed by atoms with Gasteiger partial charge in [0.25, 0.3) is 0 Å². The maximum Gasteiger partial charge on any atom is 0.0349 e. The van der Waals surface area contributed by atoms with Gasteiger partial charge in [-0.15, -0.1) is 11.3 Å². The molecule has 1 aromatic heterocycles. The Balaban J connectivity index is 1.54. The molecule has 0 saturated heterocycles. The Morgan fingerprint density at radius 1 is 1.00 bits per heavy atom. The molecule has 1 unspecified atom stereocenters. The third-order valence-electron chi connectivity index (χ3n) is 4.29. The van der Waals surface area contributed by atoms with Crippen LogP contribution in [0.4, 0.5) is 0 Å². The molecule has 2 heteroatoms. The molecule has 2 heterocycles. The summed E-state index contributed by atoms with van der Waals surface area (Å²) >= 11 is 1.92. The topological polar surface area (TPSA) is 12.0 Å². The third kappa shape index (κ3) is 2.85. The van der Waals surface area contributed by atoms with Crippen LogP contribution >= 0.6 is 11.3 Å². The first-order valence-electron chi connectivity index (χ1n) is 7.84. The molecule has 1 aliphatic heterocycles. The zero-order chi connectivity index (χ0) is 14.8. The SMILES string of the molecule is C1=C(c2cc3ccccc3s2)CC(Cc2ccccc2)NC1. The van der Waals surface area contributed by atoms with Crippen LogP contribution < -0.4 is 5.32 Å². The lowest BCUT2D eigenvalue weighted by molar-refractivity contribution is 0.534. The van der Waals surface area contributed by atoms with Gasteiger partial charge in [0.15, 0.2) is 0 Å². The van der Waals surface area contributed by atoms with Crippen molar-refractivity contribution in [2.75, 3.05) is 6.54 Å². The van der Waals surface area contributed by atoms with E-state index < -0.39 is 0 Å². The number of nitrogens with one attached hydrogen (secondary N) is 1. The van der Waals surface area contributed by atoms with E-state index in [0.29, 0.717) is 6.04 Å². The predicted octanol–water partition coefficient (Wildman–Crippen LogP) is 4.89. The second kappa shape index (κ2) is 6.07. The van der Waals surface area contributed by atoms with E-state index in [9.17, 15) is 0 Å². The number of hydrogen-bond donors (Lipinski definition) is 1. The minimum absolute atomic E-state index is 0.535. The summed E-state index contributed by atoms with van der Waals surface area (Å²) in [6.07, 6.45) is 4.57. The van der Waals surface area contributed by atoms with Crippen LogP contribution in [0.1, 0.15) is 16.9 Å². The maximum atomic E-state index is 3.63. The smallest absolute Gasteiger partial charge is 0.0349 e. The highest BCUT2D eigenvalue weighted by Crippen LogP contribution is 2.33. The molecule has 0 saturated carbocycles. The lowest BCUT2D eigenvalue weighted by Gasteiger charge is -2.24. The van der Waals surface area contributed by atoms with E-state index in [1.54, 1.807) is 0 Å². The highest BCUT2D eigenvalue weighted by molar-refractivity contribution is 7.20. The summed E-state index contributed by atoms with van der Waals surface area (Å²) in [5.74, 6) is 0. The van der Waals surface area contributed by atoms with Gasteiger partial charge in [-0.2, -0.15) is 0 Å². The molecule has 1 aliphatic rings. The standard InChI is InChI=1S/C20H19NS/c1-2-6-15(7-3-1)12-18-13-17(10-11-21-18)20-14-16-8-4-5-9-19(16)22-20/h1-10,14,18,21H,11-13H2. The molecule has 3 aromatic rings. The molecule has 1 atom stereocenters. The van der Waals surface area contributed by atoms with Crippen LogP contribution in [0.15, 0.2) is 66.7 Å². The van der Waals surface area contributed by atoms with Gasteiger partial charge in [0.2, 0.25) is 0 Å². The van der Waals surface area contributed by atoms with Crippen molar-refractivity contribution < 1.29 is 0 Å². The summed E-state index contributed by atoms with van der Waals surface area (Å²) in [6, 6.07) is 22.3. The van der Waals surface area contributed by atoms with Gasteiger partial charge in [0, 0.05) is 22.2 Å². The Bertz CT molecular complexity index is 768. The Kier molecular flexibility index (Phi) is 3.79. The molecule has 0 radical (unpaired) electrons. The minimum Gasteiger partial charge on any atom is -0.310 e. The fourth-order valence-corrected chi connectivity index (χ4v) is 4.27. The maximum absolute atomic E-state index is 3.63. The van der Waals surface area contributed by atoms with Crippen molar-refractivity contribution in [2.24, 2.45) is 0 Å². The van der Waals surface area contributed by atoms with E-state index in [1.165, 1.54) is 26.1 Å². The van der Waals surface area contributed by atoms with Crippen LogP contribution in [0.5, 0.6) is 0 Å². The van der Waals surface area contributed by atoms with Gasteiger partial charge in [0.05, 0.1) is 0 Å². The quantitative estimate of drug-likeness (QED) is 0.726. The van der Waals surface area contributed by atoms with Crippen LogP contribution in [-0.2, 0) is 6.42 Å². The monoisotopic (exact) mass is 305 g/mol. The minimum atomic E-state index is 0.535. The summed E-state index contributed by atoms with van der Waals surface area (Å²) in [6.45, 7) is 0.973. The molecule has 0 amide bonds. The predicted molar refractivity (Wildman–Crippen MR) is 96.4 cm³/mol. The molecule has 1 N–H and O–H groups in total. The van der Waals surface area contributed by atoms with E-state index in [2.05, 4.69) is 72.1 Å². The molecule has 110 valence electrons. The van der Waals surface area contributed by atoms with E-state index in [4.69, 9.17) is 0 Å². The molecule has 22 heavy (non-hydrogen) atoms. The summed E-state index contributed by atoms with van der Waals surface area (Å²) in [5, 5.41) is 4.99. The first-order chi connectivity index (χ1) is 10.9. The molecular formula is C20H19NS. The average Bonchev–Trinajstić information content (AvgIpc) is 3.00. The van der Waals surface area contributed by atoms with Gasteiger partial charge in [-0.25, -0.2) is 0 Å². The number of fused-ring (bicyclic) bond motifs is 1. The first kappa shape index (κ1) is 13.7. The fourth-order valence-electron chi connectivity index (χ4n) is 3.15. The zero-order valence-electron chi connectivity index (χ0n) is 12.5. The van der Waals surface area contributed by atoms with Crippen molar-refractivity contribution in [1.29, 1.82) is 0 Å². The van der Waals surface area contributed by atoms with Crippen molar-refractivity contribution >= 4 is 27.0 Å². The molecule has 0 fully saturated rings. The summed E-state index contributed by atoms with van der Waals surface area (Å²) in [5.41, 5.74) is 2.92. The van der Waals surface area contributed by atoms with Crippen LogP contribution in [0.3, 0.4) is 0 Å². The van der Waals surface area contributed by atoms with Crippen molar-refractivity contribution in [3.05, 3.63) is 77.2 Å². The molecule has 2 aromatic carbocycles. The second-order valence-corrected chi connectivity index (χ2v) is 6.96. The summed E-state index contributed by atoms with van der Waals surface area (Å²) in [4.78, 5) is 1.43. The fraction of sp³-hybridized carbons (Fsp3) is 0.200. The Labute approximate surface area is 135 Å². The van der Waals surface area contributed by atoms with Crippen molar-refractivity contribution in [3.63, 3.8) is 0 Å². The molecule has 0 bridgehead atoms. The normalized spacial score (nSPS) is 18.4. The molecule has 4 rings (SSSR count). The highest BCUT2D eigenvalue weighted by Gasteiger charge is 2.17. The lowest BCUT2D eigenvalue weighted by atomic mass is 9.95. The van der Waals surface area contributed by atoms with E-state index in [1.807, 2.05) is 11.3 Å². The van der Waals surface area contributed by atoms with Gasteiger partial charge in [-0.05, 0) is 41.5 Å². The van der Waals surface area contributed by atoms with Crippen LogP contribution in [0, 0.1) is 0 Å². The van der Waals surface area contributed by atoms with Gasteiger partial charge in [0.1, 0.15) is 0 Å². The van der Waals surface area contributed by atoms with E-state index >= 15 is 0 Å². The number of rotatable bonds is 3. The second-order valence-electron chi connectivity index (χ2n) is 5.88.